The topological polar surface area (TPSA) is 36.8 Å². The first kappa shape index (κ1) is 12.0. The number of carbonyl (C=O) groups excluding carboxylic acids is 1. The van der Waals surface area contributed by atoms with Gasteiger partial charge in [-0.1, -0.05) is 0 Å². The largest absolute Gasteiger partial charge is 0.348 e. The third kappa shape index (κ3) is 1.91. The summed E-state index contributed by atoms with van der Waals surface area (Å²) in [6.07, 6.45) is 5.20. The van der Waals surface area contributed by atoms with Gasteiger partial charge in [-0.25, -0.2) is 0 Å². The molecule has 0 radical (unpaired) electrons. The van der Waals surface area contributed by atoms with E-state index >= 15 is 0 Å². The molecule has 4 nitrogen and oxygen atoms in total. The minimum atomic E-state index is 0.0528. The minimum absolute atomic E-state index is 0.0528. The Hall–Kier alpha value is -1.81. The monoisotopic (exact) mass is 269 g/mol. The Bertz CT molecular complexity index is 675. The van der Waals surface area contributed by atoms with Crippen molar-refractivity contribution in [1.29, 1.82) is 0 Å². The number of aromatic nitrogens is 1. The van der Waals surface area contributed by atoms with Crippen molar-refractivity contribution < 1.29 is 4.79 Å². The smallest absolute Gasteiger partial charge is 0.253 e. The Balaban J connectivity index is 1.54. The van der Waals surface area contributed by atoms with Gasteiger partial charge >= 0.3 is 0 Å². The molecular weight excluding hydrogens is 250 g/mol. The summed E-state index contributed by atoms with van der Waals surface area (Å²) in [5.74, 6) is 0.702. The fourth-order valence-electron chi connectivity index (χ4n) is 3.59. The summed E-state index contributed by atoms with van der Waals surface area (Å²) in [6.45, 7) is 5.43. The predicted octanol–water partition coefficient (Wildman–Crippen LogP) is 1.68. The molecule has 2 aromatic rings. The van der Waals surface area contributed by atoms with Crippen LogP contribution in [0.5, 0.6) is 0 Å². The maximum absolute atomic E-state index is 12.4. The molecule has 2 aliphatic rings. The van der Waals surface area contributed by atoms with Gasteiger partial charge in [0.2, 0.25) is 0 Å². The second-order valence-electron chi connectivity index (χ2n) is 6.16. The summed E-state index contributed by atoms with van der Waals surface area (Å²) in [4.78, 5) is 14.8. The number of carbonyl (C=O) groups is 1. The first-order valence-electron chi connectivity index (χ1n) is 7.30. The lowest BCUT2D eigenvalue weighted by Crippen LogP contribution is -2.43. The van der Waals surface area contributed by atoms with Crippen LogP contribution in [0.25, 0.3) is 5.52 Å². The van der Waals surface area contributed by atoms with Crippen molar-refractivity contribution in [3.63, 3.8) is 0 Å². The maximum Gasteiger partial charge on any atom is 0.253 e. The number of pyridine rings is 1. The van der Waals surface area contributed by atoms with Gasteiger partial charge in [0.05, 0.1) is 5.56 Å². The quantitative estimate of drug-likeness (QED) is 0.900. The molecule has 2 unspecified atom stereocenters. The summed E-state index contributed by atoms with van der Waals surface area (Å²) in [6, 6.07) is 6.37. The standard InChI is InChI=1S/C16H19N3O/c1-11-6-14-3-2-13(9-19(14)7-11)16(20)17-15-10-18-5-4-12(15)8-18/h2-3,6-7,9,12,15H,4-5,8,10H2,1H3,(H,17,20)/t12-,15?/m0/s1. The lowest BCUT2D eigenvalue weighted by molar-refractivity contribution is 0.0924. The van der Waals surface area contributed by atoms with Crippen molar-refractivity contribution in [3.05, 3.63) is 41.7 Å². The van der Waals surface area contributed by atoms with Gasteiger partial charge in [-0.3, -0.25) is 4.79 Å². The molecule has 0 aliphatic carbocycles. The zero-order valence-corrected chi connectivity index (χ0v) is 11.7. The van der Waals surface area contributed by atoms with E-state index in [9.17, 15) is 4.79 Å². The van der Waals surface area contributed by atoms with Crippen LogP contribution in [0, 0.1) is 12.8 Å². The summed E-state index contributed by atoms with van der Waals surface area (Å²) < 4.78 is 2.02. The average molecular weight is 269 g/mol. The lowest BCUT2D eigenvalue weighted by atomic mass is 10.00. The fraction of sp³-hybridized carbons (Fsp3) is 0.438. The fourth-order valence-corrected chi connectivity index (χ4v) is 3.59. The van der Waals surface area contributed by atoms with Crippen molar-refractivity contribution >= 4 is 11.4 Å². The molecule has 20 heavy (non-hydrogen) atoms. The molecule has 4 rings (SSSR count). The third-order valence-corrected chi connectivity index (χ3v) is 4.64. The molecular formula is C16H19N3O. The van der Waals surface area contributed by atoms with Crippen LogP contribution in [-0.4, -0.2) is 40.9 Å². The molecule has 2 bridgehead atoms. The second kappa shape index (κ2) is 4.35. The number of rotatable bonds is 2. The van der Waals surface area contributed by atoms with E-state index in [4.69, 9.17) is 0 Å². The van der Waals surface area contributed by atoms with Gasteiger partial charge < -0.3 is 14.6 Å². The van der Waals surface area contributed by atoms with Gasteiger partial charge in [-0.05, 0) is 49.6 Å². The first-order valence-corrected chi connectivity index (χ1v) is 7.30. The van der Waals surface area contributed by atoms with Crippen molar-refractivity contribution in [2.75, 3.05) is 19.6 Å². The number of hydrogen-bond acceptors (Lipinski definition) is 2. The van der Waals surface area contributed by atoms with Gasteiger partial charge in [0, 0.05) is 37.0 Å². The molecule has 0 aromatic carbocycles. The van der Waals surface area contributed by atoms with E-state index in [0.717, 1.165) is 24.2 Å². The van der Waals surface area contributed by atoms with Gasteiger partial charge in [0.25, 0.3) is 5.91 Å². The zero-order chi connectivity index (χ0) is 13.7. The molecule has 2 aromatic heterocycles. The summed E-state index contributed by atoms with van der Waals surface area (Å²) in [7, 11) is 0. The normalized spacial score (nSPS) is 28.1. The van der Waals surface area contributed by atoms with Crippen molar-refractivity contribution in [2.45, 2.75) is 19.4 Å². The highest BCUT2D eigenvalue weighted by Gasteiger charge is 2.38. The van der Waals surface area contributed by atoms with Gasteiger partial charge in [0.15, 0.2) is 0 Å². The van der Waals surface area contributed by atoms with E-state index in [0.29, 0.717) is 12.0 Å². The van der Waals surface area contributed by atoms with E-state index in [2.05, 4.69) is 29.4 Å². The van der Waals surface area contributed by atoms with Gasteiger partial charge in [-0.15, -0.1) is 0 Å². The highest BCUT2D eigenvalue weighted by atomic mass is 16.1. The third-order valence-electron chi connectivity index (χ3n) is 4.64. The van der Waals surface area contributed by atoms with Gasteiger partial charge in [0.1, 0.15) is 0 Å². The van der Waals surface area contributed by atoms with E-state index in [1.165, 1.54) is 18.5 Å². The van der Waals surface area contributed by atoms with E-state index in [1.807, 2.05) is 22.7 Å². The van der Waals surface area contributed by atoms with Crippen molar-refractivity contribution in [3.8, 4) is 0 Å². The molecule has 4 heteroatoms. The Morgan fingerprint density at radius 2 is 2.20 bits per heavy atom. The number of nitrogens with one attached hydrogen (secondary N) is 1. The number of aryl methyl sites for hydroxylation is 1. The minimum Gasteiger partial charge on any atom is -0.348 e. The lowest BCUT2D eigenvalue weighted by Gasteiger charge is -2.23. The molecule has 104 valence electrons. The van der Waals surface area contributed by atoms with E-state index in [-0.39, 0.29) is 5.91 Å². The highest BCUT2D eigenvalue weighted by molar-refractivity contribution is 5.94. The van der Waals surface area contributed by atoms with Crippen molar-refractivity contribution in [1.82, 2.24) is 14.6 Å². The number of hydrogen-bond donors (Lipinski definition) is 1. The second-order valence-corrected chi connectivity index (χ2v) is 6.16. The van der Waals surface area contributed by atoms with Gasteiger partial charge in [-0.2, -0.15) is 0 Å². The highest BCUT2D eigenvalue weighted by Crippen LogP contribution is 2.27. The molecule has 0 saturated carbocycles. The molecule has 1 N–H and O–H groups in total. The summed E-state index contributed by atoms with van der Waals surface area (Å²) in [5.41, 5.74) is 3.08. The Labute approximate surface area is 118 Å². The molecule has 2 aliphatic heterocycles. The van der Waals surface area contributed by atoms with Crippen LogP contribution in [-0.2, 0) is 0 Å². The number of fused-ring (bicyclic) bond motifs is 3. The molecule has 4 heterocycles. The van der Waals surface area contributed by atoms with Crippen LogP contribution < -0.4 is 5.32 Å². The van der Waals surface area contributed by atoms with Crippen molar-refractivity contribution in [2.24, 2.45) is 5.92 Å². The molecule has 2 saturated heterocycles. The Morgan fingerprint density at radius 3 is 2.95 bits per heavy atom. The van der Waals surface area contributed by atoms with Crippen LogP contribution in [0.2, 0.25) is 0 Å². The SMILES string of the molecule is Cc1cc2ccc(C(=O)NC3CN4CC[C@H]3C4)cn2c1. The Morgan fingerprint density at radius 1 is 1.30 bits per heavy atom. The molecule has 0 spiro atoms. The van der Waals surface area contributed by atoms with E-state index < -0.39 is 0 Å². The summed E-state index contributed by atoms with van der Waals surface area (Å²) >= 11 is 0. The zero-order valence-electron chi connectivity index (χ0n) is 11.7. The average Bonchev–Trinajstić information content (AvgIpc) is 3.10. The molecule has 3 atom stereocenters. The van der Waals surface area contributed by atoms with Crippen LogP contribution in [0.15, 0.2) is 30.6 Å². The maximum atomic E-state index is 12.4. The molecule has 2 fully saturated rings. The number of amides is 1. The van der Waals surface area contributed by atoms with Crippen LogP contribution in [0.4, 0.5) is 0 Å². The van der Waals surface area contributed by atoms with Crippen LogP contribution >= 0.6 is 0 Å². The first-order chi connectivity index (χ1) is 9.69. The Kier molecular flexibility index (Phi) is 2.60. The predicted molar refractivity (Wildman–Crippen MR) is 77.9 cm³/mol. The molecule has 1 amide bonds. The van der Waals surface area contributed by atoms with Crippen LogP contribution in [0.1, 0.15) is 22.3 Å². The summed E-state index contributed by atoms with van der Waals surface area (Å²) in [5, 5.41) is 3.20. The number of piperidine rings is 1. The number of nitrogens with zero attached hydrogens (tertiary/aromatic N) is 2. The van der Waals surface area contributed by atoms with Crippen LogP contribution in [0.3, 0.4) is 0 Å². The van der Waals surface area contributed by atoms with E-state index in [1.54, 1.807) is 0 Å².